The van der Waals surface area contributed by atoms with Crippen LogP contribution in [-0.4, -0.2) is 19.4 Å². The minimum Gasteiger partial charge on any atom is -0.497 e. The fraction of sp³-hybridized carbons (Fsp3) is 0.103. The van der Waals surface area contributed by atoms with Crippen molar-refractivity contribution in [2.45, 2.75) is 13.8 Å². The predicted molar refractivity (Wildman–Crippen MR) is 136 cm³/mol. The summed E-state index contributed by atoms with van der Waals surface area (Å²) in [5, 5.41) is 8.32. The number of ether oxygens (including phenoxy) is 2. The van der Waals surface area contributed by atoms with E-state index >= 15 is 0 Å². The number of carbonyl (C=O) groups is 2. The highest BCUT2D eigenvalue weighted by atomic mass is 16.5. The number of aryl methyl sites for hydroxylation is 2. The van der Waals surface area contributed by atoms with Crippen LogP contribution in [0.1, 0.15) is 31.8 Å². The van der Waals surface area contributed by atoms with E-state index in [-0.39, 0.29) is 0 Å². The third-order valence-electron chi connectivity index (χ3n) is 4.90. The fourth-order valence-electron chi connectivity index (χ4n) is 2.85. The van der Waals surface area contributed by atoms with Gasteiger partial charge in [0.1, 0.15) is 17.8 Å². The van der Waals surface area contributed by atoms with Gasteiger partial charge in [-0.2, -0.15) is 10.2 Å². The summed E-state index contributed by atoms with van der Waals surface area (Å²) in [5.74, 6) is 0.834. The van der Waals surface area contributed by atoms with Gasteiger partial charge in [0, 0.05) is 5.56 Å². The third kappa shape index (κ3) is 8.05. The third-order valence-corrected chi connectivity index (χ3v) is 4.90. The number of methoxy groups -OCH3 is 1. The van der Waals surface area contributed by atoms with Gasteiger partial charge in [-0.05, 0) is 74.5 Å². The molecule has 4 rings (SSSR count). The van der Waals surface area contributed by atoms with Crippen LogP contribution < -0.4 is 9.47 Å². The summed E-state index contributed by atoms with van der Waals surface area (Å²) >= 11 is 0. The Morgan fingerprint density at radius 2 is 1.11 bits per heavy atom. The zero-order valence-corrected chi connectivity index (χ0v) is 19.8. The van der Waals surface area contributed by atoms with Crippen molar-refractivity contribution in [3.8, 4) is 11.5 Å². The van der Waals surface area contributed by atoms with Crippen molar-refractivity contribution >= 4 is 23.6 Å². The predicted octanol–water partition coefficient (Wildman–Crippen LogP) is 7.45. The molecule has 6 nitrogen and oxygen atoms in total. The molecule has 0 fully saturated rings. The second kappa shape index (κ2) is 12.6. The molecule has 0 aromatic heterocycles. The van der Waals surface area contributed by atoms with Crippen LogP contribution in [0.25, 0.3) is 0 Å². The molecule has 0 saturated heterocycles. The van der Waals surface area contributed by atoms with E-state index in [0.29, 0.717) is 17.0 Å². The van der Waals surface area contributed by atoms with Gasteiger partial charge in [0.05, 0.1) is 24.0 Å². The van der Waals surface area contributed by atoms with Crippen molar-refractivity contribution in [3.63, 3.8) is 0 Å². The number of nitrogens with zero attached hydrogens (tertiary/aromatic N) is 2. The molecule has 0 heterocycles. The summed E-state index contributed by atoms with van der Waals surface area (Å²) in [6.07, 6.45) is 0.847. The lowest BCUT2D eigenvalue weighted by atomic mass is 10.1. The normalized spacial score (nSPS) is 10.3. The van der Waals surface area contributed by atoms with Crippen LogP contribution in [0.2, 0.25) is 0 Å². The first-order valence-electron chi connectivity index (χ1n) is 10.9. The van der Waals surface area contributed by atoms with Crippen molar-refractivity contribution in [3.05, 3.63) is 119 Å². The molecule has 0 spiro atoms. The molecule has 4 aromatic carbocycles. The molecule has 0 bridgehead atoms. The molecule has 0 amide bonds. The number of hydrogen-bond acceptors (Lipinski definition) is 6. The van der Waals surface area contributed by atoms with Gasteiger partial charge < -0.3 is 9.47 Å². The molecule has 35 heavy (non-hydrogen) atoms. The average molecular weight is 467 g/mol. The summed E-state index contributed by atoms with van der Waals surface area (Å²) in [6, 6.07) is 28.8. The van der Waals surface area contributed by atoms with E-state index < -0.39 is 5.97 Å². The molecule has 0 radical (unpaired) electrons. The quantitative estimate of drug-likeness (QED) is 0.128. The van der Waals surface area contributed by atoms with E-state index in [1.165, 1.54) is 5.56 Å². The number of aldehydes is 1. The minimum absolute atomic E-state index is 0.391. The molecule has 0 atom stereocenters. The average Bonchev–Trinajstić information content (AvgIpc) is 2.90. The Morgan fingerprint density at radius 3 is 1.57 bits per heavy atom. The Morgan fingerprint density at radius 1 is 0.657 bits per heavy atom. The fourth-order valence-corrected chi connectivity index (χ4v) is 2.85. The van der Waals surface area contributed by atoms with Gasteiger partial charge in [0.2, 0.25) is 0 Å². The maximum absolute atomic E-state index is 12.1. The number of rotatable bonds is 6. The van der Waals surface area contributed by atoms with Gasteiger partial charge in [-0.3, -0.25) is 4.79 Å². The van der Waals surface area contributed by atoms with Crippen LogP contribution in [0.15, 0.2) is 107 Å². The Hall–Kier alpha value is -4.58. The zero-order chi connectivity index (χ0) is 25.0. The molecular formula is C29H26N2O4. The smallest absolute Gasteiger partial charge is 0.343 e. The van der Waals surface area contributed by atoms with Crippen molar-refractivity contribution in [1.82, 2.24) is 0 Å². The molecule has 4 aromatic rings. The van der Waals surface area contributed by atoms with Gasteiger partial charge >= 0.3 is 5.97 Å². The number of esters is 1. The molecule has 0 aliphatic heterocycles. The highest BCUT2D eigenvalue weighted by Crippen LogP contribution is 2.23. The summed E-state index contributed by atoms with van der Waals surface area (Å²) in [5.41, 5.74) is 4.91. The monoisotopic (exact) mass is 466 g/mol. The van der Waals surface area contributed by atoms with Crippen LogP contribution in [0.3, 0.4) is 0 Å². The van der Waals surface area contributed by atoms with Crippen molar-refractivity contribution in [2.24, 2.45) is 10.2 Å². The van der Waals surface area contributed by atoms with Crippen LogP contribution in [0.4, 0.5) is 11.4 Å². The topological polar surface area (TPSA) is 77.3 Å². The second-order valence-corrected chi connectivity index (χ2v) is 7.68. The van der Waals surface area contributed by atoms with E-state index in [0.717, 1.165) is 28.8 Å². The van der Waals surface area contributed by atoms with Crippen LogP contribution in [0, 0.1) is 13.8 Å². The van der Waals surface area contributed by atoms with E-state index in [2.05, 4.69) is 10.2 Å². The standard InChI is InChI=1S/C21H18N2O3.C8H8O/c1-15-3-5-16(6-4-15)21(24)26-20-13-9-18(10-14-20)23-22-17-7-11-19(25-2)12-8-17;1-7-2-4-8(6-9)5-3-7/h3-14H,1-2H3;2-6H,1H3. The maximum Gasteiger partial charge on any atom is 0.343 e. The van der Waals surface area contributed by atoms with Crippen molar-refractivity contribution in [1.29, 1.82) is 0 Å². The van der Waals surface area contributed by atoms with E-state index in [1.807, 2.05) is 74.5 Å². The van der Waals surface area contributed by atoms with Crippen molar-refractivity contribution < 1.29 is 19.1 Å². The van der Waals surface area contributed by atoms with Crippen LogP contribution in [-0.2, 0) is 0 Å². The molecule has 176 valence electrons. The highest BCUT2D eigenvalue weighted by Gasteiger charge is 2.08. The lowest BCUT2D eigenvalue weighted by Crippen LogP contribution is -2.08. The number of azo groups is 1. The number of carbonyl (C=O) groups excluding carboxylic acids is 2. The molecular weight excluding hydrogens is 440 g/mol. The van der Waals surface area contributed by atoms with E-state index in [1.54, 1.807) is 43.5 Å². The summed E-state index contributed by atoms with van der Waals surface area (Å²) < 4.78 is 10.5. The molecule has 0 N–H and O–H groups in total. The number of benzene rings is 4. The van der Waals surface area contributed by atoms with Gasteiger partial charge in [-0.15, -0.1) is 0 Å². The van der Waals surface area contributed by atoms with Gasteiger partial charge in [0.25, 0.3) is 0 Å². The first-order valence-corrected chi connectivity index (χ1v) is 10.9. The van der Waals surface area contributed by atoms with Crippen molar-refractivity contribution in [2.75, 3.05) is 7.11 Å². The minimum atomic E-state index is -0.391. The number of hydrogen-bond donors (Lipinski definition) is 0. The molecule has 0 unspecified atom stereocenters. The van der Waals surface area contributed by atoms with Crippen LogP contribution >= 0.6 is 0 Å². The summed E-state index contributed by atoms with van der Waals surface area (Å²) in [7, 11) is 1.61. The maximum atomic E-state index is 12.1. The SMILES string of the molecule is COc1ccc(N=Nc2ccc(OC(=O)c3ccc(C)cc3)cc2)cc1.Cc1ccc(C=O)cc1. The Bertz CT molecular complexity index is 1260. The van der Waals surface area contributed by atoms with Gasteiger partial charge in [0.15, 0.2) is 0 Å². The zero-order valence-electron chi connectivity index (χ0n) is 19.8. The van der Waals surface area contributed by atoms with Crippen LogP contribution in [0.5, 0.6) is 11.5 Å². The van der Waals surface area contributed by atoms with Gasteiger partial charge in [-0.1, -0.05) is 47.5 Å². The van der Waals surface area contributed by atoms with E-state index in [9.17, 15) is 9.59 Å². The first kappa shape index (κ1) is 25.1. The molecule has 6 heteroatoms. The summed E-state index contributed by atoms with van der Waals surface area (Å²) in [4.78, 5) is 22.2. The Balaban J connectivity index is 0.000000320. The molecule has 0 aliphatic carbocycles. The Kier molecular flexibility index (Phi) is 9.02. The summed E-state index contributed by atoms with van der Waals surface area (Å²) in [6.45, 7) is 3.96. The lowest BCUT2D eigenvalue weighted by molar-refractivity contribution is 0.0734. The molecule has 0 saturated carbocycles. The lowest BCUT2D eigenvalue weighted by Gasteiger charge is -2.04. The van der Waals surface area contributed by atoms with Gasteiger partial charge in [-0.25, -0.2) is 4.79 Å². The molecule has 0 aliphatic rings. The highest BCUT2D eigenvalue weighted by molar-refractivity contribution is 5.91. The second-order valence-electron chi connectivity index (χ2n) is 7.68. The Labute approximate surface area is 204 Å². The van der Waals surface area contributed by atoms with E-state index in [4.69, 9.17) is 9.47 Å². The largest absolute Gasteiger partial charge is 0.497 e. The first-order chi connectivity index (χ1) is 17.0.